The lowest BCUT2D eigenvalue weighted by Crippen LogP contribution is -2.66. The number of nitrogens with one attached hydrogen (secondary N) is 2. The van der Waals surface area contributed by atoms with E-state index in [0.29, 0.717) is 61.1 Å². The zero-order valence-corrected chi connectivity index (χ0v) is 33.7. The number of benzene rings is 1. The maximum atomic E-state index is 15.0. The molecule has 19 heteroatoms. The molecule has 0 unspecified atom stereocenters. The molecule has 2 aliphatic carbocycles. The smallest absolute Gasteiger partial charge is 0.411 e. The molecule has 1 aromatic heterocycles. The molecule has 1 saturated heterocycles. The summed E-state index contributed by atoms with van der Waals surface area (Å²) in [7, 11) is -2.60. The molecule has 14 nitrogen and oxygen atoms in total. The summed E-state index contributed by atoms with van der Waals surface area (Å²) in [6.07, 6.45) is -1.53. The fourth-order valence-electron chi connectivity index (χ4n) is 8.10. The summed E-state index contributed by atoms with van der Waals surface area (Å²) >= 11 is 6.50. The highest BCUT2D eigenvalue weighted by Crippen LogP contribution is 2.47. The van der Waals surface area contributed by atoms with Crippen molar-refractivity contribution in [3.8, 4) is 11.6 Å². The van der Waals surface area contributed by atoms with Crippen LogP contribution in [0.25, 0.3) is 10.8 Å². The number of methoxy groups -OCH3 is 1. The van der Waals surface area contributed by atoms with Gasteiger partial charge in [-0.1, -0.05) is 43.7 Å². The van der Waals surface area contributed by atoms with E-state index in [1.54, 1.807) is 30.4 Å². The number of nitrogens with zero attached hydrogens (tertiary/aromatic N) is 3. The lowest BCUT2D eigenvalue weighted by atomic mass is 9.85. The standard InChI is InChI=1S/C38H47ClF3N5O9S/c1-20-9-6-7-10-22-17-37(22,34(50)45-57(53,54)24-13-14-24)44-31(48)27-16-23(56-32-25-11-8-12-26(39)29(25)28(55-5)18-43-32)19-46(27)33(49)30(21(2)15-20)47(35(51)52)36(3,4)38(40,41)42/h7-8,10-12,18,20-24,27,30H,6,9,13-17,19H2,1-5H3,(H,44,48)(H,45,50)(H,51,52)/t20-,21+,22+,23+,27-,30-,37+/m0/s1. The Hall–Kier alpha value is -4.32. The molecule has 4 amide bonds. The van der Waals surface area contributed by atoms with Gasteiger partial charge in [-0.3, -0.25) is 24.0 Å². The van der Waals surface area contributed by atoms with Gasteiger partial charge in [0.25, 0.3) is 5.91 Å². The molecule has 2 aromatic rings. The van der Waals surface area contributed by atoms with E-state index in [1.165, 1.54) is 20.2 Å². The van der Waals surface area contributed by atoms with Crippen molar-refractivity contribution in [2.75, 3.05) is 13.7 Å². The van der Waals surface area contributed by atoms with Crippen LogP contribution in [-0.2, 0) is 24.4 Å². The summed E-state index contributed by atoms with van der Waals surface area (Å²) in [4.78, 5) is 61.7. The van der Waals surface area contributed by atoms with Gasteiger partial charge in [-0.2, -0.15) is 13.2 Å². The van der Waals surface area contributed by atoms with Crippen molar-refractivity contribution >= 4 is 56.2 Å². The third kappa shape index (κ3) is 8.21. The van der Waals surface area contributed by atoms with E-state index >= 15 is 0 Å². The summed E-state index contributed by atoms with van der Waals surface area (Å²) < 4.78 is 83.6. The van der Waals surface area contributed by atoms with Crippen molar-refractivity contribution in [3.05, 3.63) is 41.6 Å². The number of amides is 4. The number of hydrogen-bond acceptors (Lipinski definition) is 9. The van der Waals surface area contributed by atoms with Gasteiger partial charge in [-0.05, 0) is 76.3 Å². The molecule has 3 fully saturated rings. The maximum Gasteiger partial charge on any atom is 0.411 e. The zero-order chi connectivity index (χ0) is 41.8. The number of alkyl halides is 3. The summed E-state index contributed by atoms with van der Waals surface area (Å²) in [5.41, 5.74) is -4.76. The number of carbonyl (C=O) groups is 4. The first-order valence-electron chi connectivity index (χ1n) is 18.8. The Morgan fingerprint density at radius 3 is 2.47 bits per heavy atom. The number of hydrogen-bond donors (Lipinski definition) is 3. The third-order valence-corrected chi connectivity index (χ3v) is 13.8. The van der Waals surface area contributed by atoms with E-state index < -0.39 is 86.4 Å². The van der Waals surface area contributed by atoms with Crippen LogP contribution >= 0.6 is 11.6 Å². The van der Waals surface area contributed by atoms with Crippen molar-refractivity contribution < 1.29 is 55.3 Å². The number of ether oxygens (including phenoxy) is 2. The average Bonchev–Trinajstić information content (AvgIpc) is 4.05. The van der Waals surface area contributed by atoms with Gasteiger partial charge in [0.15, 0.2) is 0 Å². The van der Waals surface area contributed by atoms with Gasteiger partial charge in [0.05, 0.1) is 30.1 Å². The Bertz CT molecular complexity index is 2080. The van der Waals surface area contributed by atoms with E-state index in [-0.39, 0.29) is 42.5 Å². The van der Waals surface area contributed by atoms with Gasteiger partial charge >= 0.3 is 12.3 Å². The van der Waals surface area contributed by atoms with Gasteiger partial charge in [-0.25, -0.2) is 18.2 Å². The molecule has 6 rings (SSSR count). The molecule has 7 atom stereocenters. The predicted molar refractivity (Wildman–Crippen MR) is 202 cm³/mol. The molecular weight excluding hydrogens is 795 g/mol. The first-order valence-corrected chi connectivity index (χ1v) is 20.8. The highest BCUT2D eigenvalue weighted by molar-refractivity contribution is 7.91. The Morgan fingerprint density at radius 1 is 1.14 bits per heavy atom. The molecule has 312 valence electrons. The van der Waals surface area contributed by atoms with E-state index in [1.807, 2.05) is 6.92 Å². The number of pyridine rings is 1. The van der Waals surface area contributed by atoms with Crippen molar-refractivity contribution in [2.24, 2.45) is 17.8 Å². The minimum atomic E-state index is -5.10. The fraction of sp³-hybridized carbons (Fsp3) is 0.605. The van der Waals surface area contributed by atoms with Crippen LogP contribution in [0, 0.1) is 17.8 Å². The molecule has 3 heterocycles. The normalized spacial score (nSPS) is 28.7. The van der Waals surface area contributed by atoms with Gasteiger partial charge in [0, 0.05) is 23.1 Å². The molecule has 0 radical (unpaired) electrons. The van der Waals surface area contributed by atoms with Gasteiger partial charge in [0.2, 0.25) is 27.7 Å². The van der Waals surface area contributed by atoms with Crippen LogP contribution < -0.4 is 19.5 Å². The SMILES string of the molecule is COc1cnc(O[C@@H]2C[C@H]3C(=O)N[C@]4(C(=O)NS(=O)(=O)C5CC5)C[C@H]4C=CCC[C@H](C)C[C@@H](C)[C@H](N(C(=O)O)C(C)(C)C(F)(F)F)C(=O)N3C2)c2cccc(Cl)c12. The average molecular weight is 842 g/mol. The fourth-order valence-corrected chi connectivity index (χ4v) is 9.73. The highest BCUT2D eigenvalue weighted by atomic mass is 35.5. The summed E-state index contributed by atoms with van der Waals surface area (Å²) in [5, 5.41) is 13.6. The number of sulfonamides is 1. The number of carbonyl (C=O) groups excluding carboxylic acids is 3. The monoisotopic (exact) mass is 841 g/mol. The molecule has 3 N–H and O–H groups in total. The molecule has 0 bridgehead atoms. The second kappa shape index (κ2) is 15.5. The molecule has 1 aromatic carbocycles. The number of aromatic nitrogens is 1. The Balaban J connectivity index is 1.43. The topological polar surface area (TPSA) is 185 Å². The number of halogens is 4. The summed E-state index contributed by atoms with van der Waals surface area (Å²) in [6.45, 7) is 4.34. The molecule has 2 aliphatic heterocycles. The molecule has 0 spiro atoms. The second-order valence-corrected chi connectivity index (χ2v) is 18.6. The van der Waals surface area contributed by atoms with Crippen molar-refractivity contribution in [2.45, 2.75) is 113 Å². The van der Waals surface area contributed by atoms with Crippen LogP contribution in [0.1, 0.15) is 72.6 Å². The van der Waals surface area contributed by atoms with Crippen LogP contribution in [0.4, 0.5) is 18.0 Å². The summed E-state index contributed by atoms with van der Waals surface area (Å²) in [5.74, 6) is -4.28. The third-order valence-electron chi connectivity index (χ3n) is 11.6. The number of rotatable bonds is 8. The Morgan fingerprint density at radius 2 is 1.84 bits per heavy atom. The van der Waals surface area contributed by atoms with Crippen LogP contribution in [0.15, 0.2) is 36.5 Å². The Kier molecular flexibility index (Phi) is 11.5. The molecular formula is C38H47ClF3N5O9S. The summed E-state index contributed by atoms with van der Waals surface area (Å²) in [6, 6.07) is 1.54. The number of allylic oxidation sites excluding steroid dienone is 1. The lowest BCUT2D eigenvalue weighted by Gasteiger charge is -2.45. The minimum absolute atomic E-state index is 0.0477. The molecule has 2 saturated carbocycles. The first kappa shape index (κ1) is 42.3. The first-order chi connectivity index (χ1) is 26.6. The quantitative estimate of drug-likeness (QED) is 0.290. The largest absolute Gasteiger partial charge is 0.494 e. The molecule has 4 aliphatic rings. The van der Waals surface area contributed by atoms with Gasteiger partial charge in [-0.15, -0.1) is 0 Å². The van der Waals surface area contributed by atoms with Crippen LogP contribution in [0.2, 0.25) is 5.02 Å². The number of fused-ring (bicyclic) bond motifs is 3. The van der Waals surface area contributed by atoms with Crippen LogP contribution in [-0.4, -0.2) is 106 Å². The van der Waals surface area contributed by atoms with E-state index in [2.05, 4.69) is 15.0 Å². The van der Waals surface area contributed by atoms with Crippen molar-refractivity contribution in [1.29, 1.82) is 0 Å². The van der Waals surface area contributed by atoms with E-state index in [9.17, 15) is 45.9 Å². The van der Waals surface area contributed by atoms with Crippen LogP contribution in [0.5, 0.6) is 11.6 Å². The number of carboxylic acid groups (broad SMARTS) is 1. The molecule has 57 heavy (non-hydrogen) atoms. The van der Waals surface area contributed by atoms with Gasteiger partial charge in [0.1, 0.15) is 35.0 Å². The Labute approximate surface area is 333 Å². The van der Waals surface area contributed by atoms with Gasteiger partial charge < -0.3 is 24.8 Å². The maximum absolute atomic E-state index is 15.0. The zero-order valence-electron chi connectivity index (χ0n) is 32.1. The van der Waals surface area contributed by atoms with Crippen LogP contribution in [0.3, 0.4) is 0 Å². The highest BCUT2D eigenvalue weighted by Gasteiger charge is 2.63. The van der Waals surface area contributed by atoms with Crippen molar-refractivity contribution in [1.82, 2.24) is 24.8 Å². The lowest BCUT2D eigenvalue weighted by molar-refractivity contribution is -0.222. The van der Waals surface area contributed by atoms with E-state index in [0.717, 1.165) is 4.90 Å². The minimum Gasteiger partial charge on any atom is -0.494 e. The van der Waals surface area contributed by atoms with E-state index in [4.69, 9.17) is 21.1 Å². The van der Waals surface area contributed by atoms with Crippen molar-refractivity contribution in [3.63, 3.8) is 0 Å². The second-order valence-electron chi connectivity index (χ2n) is 16.2. The predicted octanol–water partition coefficient (Wildman–Crippen LogP) is 5.43.